The smallest absolute Gasteiger partial charge is 0.356 e. The fourth-order valence-electron chi connectivity index (χ4n) is 5.93. The number of ether oxygens (including phenoxy) is 1. The molecule has 0 unspecified atom stereocenters. The lowest BCUT2D eigenvalue weighted by Crippen LogP contribution is -2.38. The maximum absolute atomic E-state index is 13.0. The highest BCUT2D eigenvalue weighted by atomic mass is 16.5. The molecule has 2 aliphatic rings. The molecule has 1 aromatic heterocycles. The van der Waals surface area contributed by atoms with Gasteiger partial charge in [0.25, 0.3) is 0 Å². The highest BCUT2D eigenvalue weighted by Gasteiger charge is 2.49. The van der Waals surface area contributed by atoms with Gasteiger partial charge >= 0.3 is 5.97 Å². The first-order valence-electron chi connectivity index (χ1n) is 10.3. The van der Waals surface area contributed by atoms with Gasteiger partial charge in [-0.1, -0.05) is 32.9 Å². The van der Waals surface area contributed by atoms with Crippen LogP contribution in [0.25, 0.3) is 10.9 Å². The Morgan fingerprint density at radius 1 is 1.28 bits per heavy atom. The quantitative estimate of drug-likeness (QED) is 0.762. The van der Waals surface area contributed by atoms with E-state index in [-0.39, 0.29) is 11.3 Å². The maximum Gasteiger partial charge on any atom is 0.356 e. The fraction of sp³-hybridized carbons (Fsp3) is 0.565. The lowest BCUT2D eigenvalue weighted by molar-refractivity contribution is -0.117. The normalized spacial score (nSPS) is 25.9. The summed E-state index contributed by atoms with van der Waals surface area (Å²) in [6.45, 7) is 10.3. The van der Waals surface area contributed by atoms with E-state index >= 15 is 0 Å². The number of rotatable bonds is 4. The second-order valence-corrected chi connectivity index (χ2v) is 10.0. The van der Waals surface area contributed by atoms with Crippen molar-refractivity contribution in [2.45, 2.75) is 53.0 Å². The Morgan fingerprint density at radius 2 is 2.03 bits per heavy atom. The van der Waals surface area contributed by atoms with E-state index in [0.717, 1.165) is 35.9 Å². The van der Waals surface area contributed by atoms with Gasteiger partial charge in [-0.25, -0.2) is 4.79 Å². The van der Waals surface area contributed by atoms with E-state index in [2.05, 4.69) is 36.0 Å². The number of nitrogens with one attached hydrogen (secondary N) is 2. The first kappa shape index (κ1) is 20.0. The lowest BCUT2D eigenvalue weighted by Gasteiger charge is -2.39. The Kier molecular flexibility index (Phi) is 4.73. The number of fused-ring (bicyclic) bond motifs is 3. The Hall–Kier alpha value is -2.34. The van der Waals surface area contributed by atoms with E-state index in [1.54, 1.807) is 0 Å². The third-order valence-corrected chi connectivity index (χ3v) is 6.56. The van der Waals surface area contributed by atoms with Crippen molar-refractivity contribution in [3.63, 3.8) is 0 Å². The molecule has 6 heteroatoms. The Morgan fingerprint density at radius 3 is 2.76 bits per heavy atom. The molecular weight excluding hydrogens is 366 g/mol. The van der Waals surface area contributed by atoms with Crippen molar-refractivity contribution in [1.82, 2.24) is 9.88 Å². The first-order valence-corrected chi connectivity index (χ1v) is 10.3. The van der Waals surface area contributed by atoms with Crippen LogP contribution in [0.5, 0.6) is 0 Å². The van der Waals surface area contributed by atoms with E-state index in [1.807, 2.05) is 25.1 Å². The van der Waals surface area contributed by atoms with Crippen molar-refractivity contribution in [3.05, 3.63) is 29.5 Å². The molecule has 1 aromatic carbocycles. The number of benzene rings is 1. The van der Waals surface area contributed by atoms with E-state index in [9.17, 15) is 9.59 Å². The summed E-state index contributed by atoms with van der Waals surface area (Å²) in [6, 6.07) is 6.24. The molecule has 2 heterocycles. The molecule has 156 valence electrons. The number of likely N-dealkylation sites (tertiary alicyclic amines) is 1. The molecule has 2 N–H and O–H groups in total. The number of aromatic amines is 1. The van der Waals surface area contributed by atoms with E-state index < -0.39 is 5.97 Å². The standard InChI is InChI=1S/C23H31N3O3/c1-14-7-6-8-16-18(14)19(20(24-16)21(28)29-5)25-17(27)11-26-13-23(4)10-15(26)9-22(2,3)12-23/h6-8,15,24H,9-13H2,1-5H3,(H,25,27)/t15-,23+/m0/s1. The number of amides is 1. The van der Waals surface area contributed by atoms with Crippen molar-refractivity contribution in [1.29, 1.82) is 0 Å². The van der Waals surface area contributed by atoms with Crippen LogP contribution in [0.2, 0.25) is 0 Å². The number of carbonyl (C=O) groups excluding carboxylic acids is 2. The van der Waals surface area contributed by atoms with Crippen LogP contribution in [0.15, 0.2) is 18.2 Å². The summed E-state index contributed by atoms with van der Waals surface area (Å²) in [6.07, 6.45) is 3.47. The van der Waals surface area contributed by atoms with Crippen LogP contribution < -0.4 is 5.32 Å². The van der Waals surface area contributed by atoms with Crippen molar-refractivity contribution in [2.75, 3.05) is 25.5 Å². The minimum atomic E-state index is -0.484. The third kappa shape index (κ3) is 3.66. The average Bonchev–Trinajstić information content (AvgIpc) is 3.09. The zero-order valence-electron chi connectivity index (χ0n) is 18.0. The second-order valence-electron chi connectivity index (χ2n) is 10.0. The molecule has 2 atom stereocenters. The molecule has 4 rings (SSSR count). The zero-order chi connectivity index (χ0) is 21.0. The van der Waals surface area contributed by atoms with Gasteiger partial charge in [-0.05, 0) is 48.6 Å². The van der Waals surface area contributed by atoms with Crippen molar-refractivity contribution < 1.29 is 14.3 Å². The van der Waals surface area contributed by atoms with Crippen molar-refractivity contribution >= 4 is 28.5 Å². The predicted molar refractivity (Wildman–Crippen MR) is 114 cm³/mol. The van der Waals surface area contributed by atoms with Crippen LogP contribution in [0.1, 0.15) is 56.1 Å². The molecule has 2 aromatic rings. The van der Waals surface area contributed by atoms with Crippen LogP contribution in [0.3, 0.4) is 0 Å². The van der Waals surface area contributed by atoms with Crippen LogP contribution in [0.4, 0.5) is 5.69 Å². The topological polar surface area (TPSA) is 74.4 Å². The maximum atomic E-state index is 13.0. The van der Waals surface area contributed by atoms with E-state index in [1.165, 1.54) is 13.5 Å². The van der Waals surface area contributed by atoms with Crippen LogP contribution in [-0.2, 0) is 9.53 Å². The Bertz CT molecular complexity index is 977. The number of aryl methyl sites for hydroxylation is 1. The summed E-state index contributed by atoms with van der Waals surface area (Å²) >= 11 is 0. The van der Waals surface area contributed by atoms with Gasteiger partial charge in [-0.3, -0.25) is 9.69 Å². The summed E-state index contributed by atoms with van der Waals surface area (Å²) in [4.78, 5) is 30.7. The number of hydrogen-bond donors (Lipinski definition) is 2. The molecule has 1 aliphatic heterocycles. The van der Waals surface area contributed by atoms with Crippen molar-refractivity contribution in [3.8, 4) is 0 Å². The minimum Gasteiger partial charge on any atom is -0.464 e. The highest BCUT2D eigenvalue weighted by molar-refractivity contribution is 6.12. The van der Waals surface area contributed by atoms with Gasteiger partial charge in [0.2, 0.25) is 5.91 Å². The first-order chi connectivity index (χ1) is 13.6. The van der Waals surface area contributed by atoms with Crippen LogP contribution >= 0.6 is 0 Å². The molecule has 0 spiro atoms. The molecule has 6 nitrogen and oxygen atoms in total. The van der Waals surface area contributed by atoms with Gasteiger partial charge in [-0.15, -0.1) is 0 Å². The number of carbonyl (C=O) groups is 2. The Labute approximate surface area is 172 Å². The van der Waals surface area contributed by atoms with Gasteiger partial charge in [0.05, 0.1) is 19.3 Å². The van der Waals surface area contributed by atoms with Gasteiger partial charge in [0.15, 0.2) is 0 Å². The van der Waals surface area contributed by atoms with Crippen LogP contribution in [-0.4, -0.2) is 48.0 Å². The number of methoxy groups -OCH3 is 1. The molecular formula is C23H31N3O3. The molecule has 0 radical (unpaired) electrons. The largest absolute Gasteiger partial charge is 0.464 e. The van der Waals surface area contributed by atoms with Gasteiger partial charge in [0.1, 0.15) is 5.69 Å². The molecule has 2 bridgehead atoms. The number of aromatic nitrogens is 1. The number of nitrogens with zero attached hydrogens (tertiary/aromatic N) is 1. The van der Waals surface area contributed by atoms with Crippen LogP contribution in [0, 0.1) is 17.8 Å². The number of H-pyrrole nitrogens is 1. The molecule has 1 saturated heterocycles. The van der Waals surface area contributed by atoms with E-state index in [0.29, 0.717) is 29.4 Å². The van der Waals surface area contributed by atoms with Crippen molar-refractivity contribution in [2.24, 2.45) is 10.8 Å². The Balaban J connectivity index is 1.58. The van der Waals surface area contributed by atoms with E-state index in [4.69, 9.17) is 4.74 Å². The monoisotopic (exact) mass is 397 g/mol. The molecule has 29 heavy (non-hydrogen) atoms. The minimum absolute atomic E-state index is 0.0896. The summed E-state index contributed by atoms with van der Waals surface area (Å²) in [5.74, 6) is -0.574. The number of esters is 1. The molecule has 1 saturated carbocycles. The number of hydrogen-bond acceptors (Lipinski definition) is 4. The van der Waals surface area contributed by atoms with Gasteiger partial charge in [0, 0.05) is 23.5 Å². The average molecular weight is 398 g/mol. The molecule has 2 fully saturated rings. The highest BCUT2D eigenvalue weighted by Crippen LogP contribution is 2.52. The summed E-state index contributed by atoms with van der Waals surface area (Å²) in [7, 11) is 1.35. The van der Waals surface area contributed by atoms with Gasteiger partial charge < -0.3 is 15.0 Å². The number of anilines is 1. The second kappa shape index (κ2) is 6.87. The third-order valence-electron chi connectivity index (χ3n) is 6.56. The lowest BCUT2D eigenvalue weighted by atomic mass is 9.65. The molecule has 1 amide bonds. The molecule has 1 aliphatic carbocycles. The zero-order valence-corrected chi connectivity index (χ0v) is 18.0. The summed E-state index contributed by atoms with van der Waals surface area (Å²) < 4.78 is 4.92. The summed E-state index contributed by atoms with van der Waals surface area (Å²) in [5, 5.41) is 3.87. The predicted octanol–water partition coefficient (Wildman–Crippen LogP) is 4.10. The van der Waals surface area contributed by atoms with Gasteiger partial charge in [-0.2, -0.15) is 0 Å². The SMILES string of the molecule is COC(=O)c1[nH]c2cccc(C)c2c1NC(=O)CN1C[C@]2(C)C[C@@H]1CC(C)(C)C2. The summed E-state index contributed by atoms with van der Waals surface area (Å²) in [5.41, 5.74) is 3.21. The fourth-order valence-corrected chi connectivity index (χ4v) is 5.93.